The third-order valence-electron chi connectivity index (χ3n) is 5.91. The molecule has 1 aromatic rings. The predicted molar refractivity (Wildman–Crippen MR) is 102 cm³/mol. The fourth-order valence-corrected chi connectivity index (χ4v) is 4.05. The zero-order valence-electron chi connectivity index (χ0n) is 15.4. The van der Waals surface area contributed by atoms with E-state index in [1.54, 1.807) is 11.8 Å². The van der Waals surface area contributed by atoms with E-state index in [0.717, 1.165) is 38.9 Å². The van der Waals surface area contributed by atoms with Crippen molar-refractivity contribution in [3.8, 4) is 0 Å². The van der Waals surface area contributed by atoms with E-state index < -0.39 is 12.0 Å². The van der Waals surface area contributed by atoms with Gasteiger partial charge in [0, 0.05) is 19.5 Å². The van der Waals surface area contributed by atoms with E-state index in [4.69, 9.17) is 0 Å². The molecule has 140 valence electrons. The first-order valence-corrected chi connectivity index (χ1v) is 9.45. The predicted octanol–water partition coefficient (Wildman–Crippen LogP) is 2.88. The normalized spacial score (nSPS) is 22.0. The van der Waals surface area contributed by atoms with Gasteiger partial charge in [-0.2, -0.15) is 0 Å². The zero-order valence-corrected chi connectivity index (χ0v) is 15.4. The van der Waals surface area contributed by atoms with E-state index in [1.165, 1.54) is 5.56 Å². The summed E-state index contributed by atoms with van der Waals surface area (Å²) >= 11 is 0. The molecule has 1 amide bonds. The van der Waals surface area contributed by atoms with Gasteiger partial charge < -0.3 is 10.0 Å². The van der Waals surface area contributed by atoms with Gasteiger partial charge in [-0.1, -0.05) is 42.5 Å². The number of nitrogens with zero attached hydrogens (tertiary/aromatic N) is 2. The lowest BCUT2D eigenvalue weighted by atomic mass is 9.72. The van der Waals surface area contributed by atoms with Gasteiger partial charge in [-0.25, -0.2) is 4.79 Å². The maximum Gasteiger partial charge on any atom is 0.326 e. The second-order valence-electron chi connectivity index (χ2n) is 7.65. The lowest BCUT2D eigenvalue weighted by Gasteiger charge is -2.48. The lowest BCUT2D eigenvalue weighted by molar-refractivity contribution is -0.154. The van der Waals surface area contributed by atoms with Gasteiger partial charge in [-0.15, -0.1) is 0 Å². The molecule has 1 aromatic carbocycles. The highest BCUT2D eigenvalue weighted by Gasteiger charge is 2.43. The number of carbonyl (C=O) groups is 2. The fourth-order valence-electron chi connectivity index (χ4n) is 4.05. The molecule has 1 spiro atoms. The summed E-state index contributed by atoms with van der Waals surface area (Å²) in [5.41, 5.74) is 1.31. The molecule has 5 heteroatoms. The monoisotopic (exact) mass is 356 g/mol. The van der Waals surface area contributed by atoms with Crippen LogP contribution >= 0.6 is 0 Å². The van der Waals surface area contributed by atoms with Crippen molar-refractivity contribution in [2.45, 2.75) is 38.6 Å². The molecule has 0 radical (unpaired) electrons. The number of carboxylic acid groups (broad SMARTS) is 1. The van der Waals surface area contributed by atoms with E-state index in [2.05, 4.69) is 29.2 Å². The summed E-state index contributed by atoms with van der Waals surface area (Å²) < 4.78 is 0. The fraction of sp³-hybridized carbons (Fsp3) is 0.524. The summed E-state index contributed by atoms with van der Waals surface area (Å²) in [7, 11) is 0. The molecule has 0 bridgehead atoms. The number of likely N-dealkylation sites (tertiary alicyclic amines) is 2. The molecule has 2 heterocycles. The van der Waals surface area contributed by atoms with Crippen molar-refractivity contribution in [3.63, 3.8) is 0 Å². The maximum absolute atomic E-state index is 12.1. The minimum atomic E-state index is -0.918. The van der Waals surface area contributed by atoms with Crippen LogP contribution in [0, 0.1) is 5.41 Å². The van der Waals surface area contributed by atoms with E-state index in [-0.39, 0.29) is 11.3 Å². The molecule has 3 rings (SSSR count). The van der Waals surface area contributed by atoms with Crippen molar-refractivity contribution >= 4 is 18.0 Å². The molecule has 2 aliphatic rings. The van der Waals surface area contributed by atoms with Gasteiger partial charge in [0.05, 0.1) is 0 Å². The average molecular weight is 356 g/mol. The molecule has 2 aliphatic heterocycles. The summed E-state index contributed by atoms with van der Waals surface area (Å²) in [6.45, 7) is 5.14. The van der Waals surface area contributed by atoms with Gasteiger partial charge in [0.25, 0.3) is 0 Å². The van der Waals surface area contributed by atoms with E-state index >= 15 is 0 Å². The molecular weight excluding hydrogens is 328 g/mol. The summed E-state index contributed by atoms with van der Waals surface area (Å²) in [6.07, 6.45) is 7.79. The Hall–Kier alpha value is -2.14. The maximum atomic E-state index is 12.1. The van der Waals surface area contributed by atoms with Crippen molar-refractivity contribution in [1.29, 1.82) is 0 Å². The van der Waals surface area contributed by atoms with Gasteiger partial charge >= 0.3 is 5.97 Å². The molecule has 26 heavy (non-hydrogen) atoms. The first kappa shape index (κ1) is 18.6. The third-order valence-corrected chi connectivity index (χ3v) is 5.91. The summed E-state index contributed by atoms with van der Waals surface area (Å²) in [5.74, 6) is -0.933. The average Bonchev–Trinajstić information content (AvgIpc) is 2.66. The first-order chi connectivity index (χ1) is 12.5. The number of benzene rings is 1. The van der Waals surface area contributed by atoms with Crippen LogP contribution in [-0.2, 0) is 9.59 Å². The SMILES string of the molecule is CC(C(=O)O)N1CC2(CCC1=O)CCN(CC=Cc1ccccc1)CC2. The number of hydrogen-bond donors (Lipinski definition) is 1. The van der Waals surface area contributed by atoms with Gasteiger partial charge in [-0.05, 0) is 50.3 Å². The van der Waals surface area contributed by atoms with Crippen molar-refractivity contribution in [2.24, 2.45) is 5.41 Å². The molecule has 0 aliphatic carbocycles. The molecule has 1 unspecified atom stereocenters. The molecule has 0 saturated carbocycles. The van der Waals surface area contributed by atoms with Crippen molar-refractivity contribution in [2.75, 3.05) is 26.2 Å². The van der Waals surface area contributed by atoms with Crippen LogP contribution in [0.25, 0.3) is 6.08 Å². The van der Waals surface area contributed by atoms with Crippen LogP contribution in [0.4, 0.5) is 0 Å². The van der Waals surface area contributed by atoms with Crippen LogP contribution in [0.5, 0.6) is 0 Å². The molecule has 5 nitrogen and oxygen atoms in total. The first-order valence-electron chi connectivity index (χ1n) is 9.45. The topological polar surface area (TPSA) is 60.9 Å². The van der Waals surface area contributed by atoms with Gasteiger partial charge in [0.1, 0.15) is 6.04 Å². The minimum Gasteiger partial charge on any atom is -0.480 e. The van der Waals surface area contributed by atoms with Crippen LogP contribution in [0.15, 0.2) is 36.4 Å². The highest BCUT2D eigenvalue weighted by Crippen LogP contribution is 2.40. The molecule has 0 aromatic heterocycles. The quantitative estimate of drug-likeness (QED) is 0.881. The van der Waals surface area contributed by atoms with Crippen LogP contribution < -0.4 is 0 Å². The summed E-state index contributed by atoms with van der Waals surface area (Å²) in [6, 6.07) is 9.56. The Bertz CT molecular complexity index is 663. The number of carbonyl (C=O) groups excluding carboxylic acids is 1. The second-order valence-corrected chi connectivity index (χ2v) is 7.65. The van der Waals surface area contributed by atoms with Crippen LogP contribution in [0.3, 0.4) is 0 Å². The number of rotatable bonds is 5. The molecule has 1 atom stereocenters. The highest BCUT2D eigenvalue weighted by molar-refractivity contribution is 5.84. The van der Waals surface area contributed by atoms with Crippen molar-refractivity contribution in [3.05, 3.63) is 42.0 Å². The molecule has 2 saturated heterocycles. The van der Waals surface area contributed by atoms with E-state index in [0.29, 0.717) is 13.0 Å². The largest absolute Gasteiger partial charge is 0.480 e. The van der Waals surface area contributed by atoms with Crippen LogP contribution in [0.2, 0.25) is 0 Å². The van der Waals surface area contributed by atoms with E-state index in [9.17, 15) is 14.7 Å². The second kappa shape index (κ2) is 8.04. The minimum absolute atomic E-state index is 0.0150. The third kappa shape index (κ3) is 4.33. The van der Waals surface area contributed by atoms with Crippen molar-refractivity contribution < 1.29 is 14.7 Å². The Kier molecular flexibility index (Phi) is 5.77. The Morgan fingerprint density at radius 3 is 2.58 bits per heavy atom. The molecular formula is C21H28N2O3. The Labute approximate surface area is 155 Å². The molecule has 2 fully saturated rings. The highest BCUT2D eigenvalue weighted by atomic mass is 16.4. The summed E-state index contributed by atoms with van der Waals surface area (Å²) in [4.78, 5) is 27.5. The molecule has 1 N–H and O–H groups in total. The van der Waals surface area contributed by atoms with Crippen molar-refractivity contribution in [1.82, 2.24) is 9.80 Å². The zero-order chi connectivity index (χ0) is 18.6. The number of aliphatic carboxylic acids is 1. The van der Waals surface area contributed by atoms with Crippen LogP contribution in [0.1, 0.15) is 38.2 Å². The Morgan fingerprint density at radius 1 is 1.23 bits per heavy atom. The van der Waals surface area contributed by atoms with Gasteiger partial charge in [0.2, 0.25) is 5.91 Å². The Morgan fingerprint density at radius 2 is 1.92 bits per heavy atom. The van der Waals surface area contributed by atoms with Gasteiger partial charge in [0.15, 0.2) is 0 Å². The smallest absolute Gasteiger partial charge is 0.326 e. The number of hydrogen-bond acceptors (Lipinski definition) is 3. The van der Waals surface area contributed by atoms with E-state index in [1.807, 2.05) is 18.2 Å². The number of piperidine rings is 2. The lowest BCUT2D eigenvalue weighted by Crippen LogP contribution is -2.55. The number of carboxylic acids is 1. The van der Waals surface area contributed by atoms with Gasteiger partial charge in [-0.3, -0.25) is 9.69 Å². The Balaban J connectivity index is 1.53. The number of amides is 1. The van der Waals surface area contributed by atoms with Crippen LogP contribution in [-0.4, -0.2) is 59.0 Å². The summed E-state index contributed by atoms with van der Waals surface area (Å²) in [5, 5.41) is 9.26. The standard InChI is InChI=1S/C21H28N2O3/c1-17(20(25)26)23-16-21(10-9-19(23)24)11-14-22(15-12-21)13-5-8-18-6-3-2-4-7-18/h2-8,17H,9-16H2,1H3,(H,25,26).